The van der Waals surface area contributed by atoms with E-state index in [0.29, 0.717) is 0 Å². The summed E-state index contributed by atoms with van der Waals surface area (Å²) >= 11 is 0. The minimum absolute atomic E-state index is 0.247. The molecule has 0 spiro atoms. The van der Waals surface area contributed by atoms with Crippen molar-refractivity contribution in [3.8, 4) is 5.75 Å². The normalized spacial score (nSPS) is 12.5. The van der Waals surface area contributed by atoms with Gasteiger partial charge in [0.15, 0.2) is 0 Å². The minimum Gasteiger partial charge on any atom is -0.508 e. The van der Waals surface area contributed by atoms with E-state index >= 15 is 0 Å². The monoisotopic (exact) mass is 263 g/mol. The second-order valence-electron chi connectivity index (χ2n) is 5.11. The van der Waals surface area contributed by atoms with Crippen LogP contribution in [-0.4, -0.2) is 5.11 Å². The Hall–Kier alpha value is -2.32. The predicted molar refractivity (Wildman–Crippen MR) is 82.8 cm³/mol. The predicted octanol–water partition coefficient (Wildman–Crippen LogP) is 3.90. The first kappa shape index (κ1) is 12.7. The summed E-state index contributed by atoms with van der Waals surface area (Å²) in [5.74, 6) is 0.247. The average Bonchev–Trinajstić information content (AvgIpc) is 2.47. The van der Waals surface area contributed by atoms with E-state index in [4.69, 9.17) is 5.73 Å². The standard InChI is InChI=1S/C18H17NO/c1-12-6-8-14(9-7-12)18(19)17-15-5-3-2-4-13(15)10-11-16(17)20/h2-11,18,20H,19H2,1H3/t18-/m0/s1. The molecule has 3 rings (SSSR count). The number of rotatable bonds is 2. The number of hydrogen-bond acceptors (Lipinski definition) is 2. The highest BCUT2D eigenvalue weighted by Crippen LogP contribution is 2.34. The van der Waals surface area contributed by atoms with Crippen molar-refractivity contribution < 1.29 is 5.11 Å². The van der Waals surface area contributed by atoms with Gasteiger partial charge in [-0.1, -0.05) is 60.2 Å². The zero-order valence-electron chi connectivity index (χ0n) is 11.4. The van der Waals surface area contributed by atoms with Crippen LogP contribution in [0, 0.1) is 6.92 Å². The molecule has 0 unspecified atom stereocenters. The fourth-order valence-electron chi connectivity index (χ4n) is 2.55. The summed E-state index contributed by atoms with van der Waals surface area (Å²) in [4.78, 5) is 0. The van der Waals surface area contributed by atoms with Crippen LogP contribution in [-0.2, 0) is 0 Å². The molecule has 3 N–H and O–H groups in total. The molecule has 100 valence electrons. The first-order valence-corrected chi connectivity index (χ1v) is 6.69. The summed E-state index contributed by atoms with van der Waals surface area (Å²) in [5, 5.41) is 12.3. The smallest absolute Gasteiger partial charge is 0.121 e. The highest BCUT2D eigenvalue weighted by atomic mass is 16.3. The minimum atomic E-state index is -0.332. The topological polar surface area (TPSA) is 46.2 Å². The molecule has 0 radical (unpaired) electrons. The lowest BCUT2D eigenvalue weighted by Crippen LogP contribution is -2.12. The molecule has 0 aliphatic carbocycles. The molecule has 20 heavy (non-hydrogen) atoms. The lowest BCUT2D eigenvalue weighted by Gasteiger charge is -2.17. The largest absolute Gasteiger partial charge is 0.508 e. The molecule has 0 fully saturated rings. The molecule has 2 heteroatoms. The van der Waals surface area contributed by atoms with Gasteiger partial charge in [0.2, 0.25) is 0 Å². The van der Waals surface area contributed by atoms with Gasteiger partial charge in [0.25, 0.3) is 0 Å². The summed E-state index contributed by atoms with van der Waals surface area (Å²) < 4.78 is 0. The molecule has 0 aromatic heterocycles. The Balaban J connectivity index is 2.18. The second kappa shape index (κ2) is 4.99. The zero-order chi connectivity index (χ0) is 14.1. The van der Waals surface area contributed by atoms with Crippen molar-refractivity contribution in [1.82, 2.24) is 0 Å². The van der Waals surface area contributed by atoms with Crippen molar-refractivity contribution in [2.24, 2.45) is 5.73 Å². The number of phenolic OH excluding ortho intramolecular Hbond substituents is 1. The van der Waals surface area contributed by atoms with Crippen LogP contribution in [0.4, 0.5) is 0 Å². The maximum atomic E-state index is 10.2. The van der Waals surface area contributed by atoms with Crippen molar-refractivity contribution in [3.63, 3.8) is 0 Å². The number of aryl methyl sites for hydroxylation is 1. The van der Waals surface area contributed by atoms with E-state index in [-0.39, 0.29) is 11.8 Å². The van der Waals surface area contributed by atoms with Crippen LogP contribution in [0.25, 0.3) is 10.8 Å². The Morgan fingerprint density at radius 1 is 0.900 bits per heavy atom. The lowest BCUT2D eigenvalue weighted by molar-refractivity contribution is 0.466. The Morgan fingerprint density at radius 3 is 2.35 bits per heavy atom. The Kier molecular flexibility index (Phi) is 3.17. The third kappa shape index (κ3) is 2.15. The van der Waals surface area contributed by atoms with Crippen molar-refractivity contribution in [1.29, 1.82) is 0 Å². The van der Waals surface area contributed by atoms with Gasteiger partial charge in [0.1, 0.15) is 5.75 Å². The molecule has 0 amide bonds. The third-order valence-electron chi connectivity index (χ3n) is 3.70. The molecule has 3 aromatic rings. The maximum absolute atomic E-state index is 10.2. The number of hydrogen-bond donors (Lipinski definition) is 2. The third-order valence-corrected chi connectivity index (χ3v) is 3.70. The van der Waals surface area contributed by atoms with E-state index in [1.54, 1.807) is 6.07 Å². The van der Waals surface area contributed by atoms with Gasteiger partial charge in [-0.2, -0.15) is 0 Å². The number of nitrogens with two attached hydrogens (primary N) is 1. The first-order valence-electron chi connectivity index (χ1n) is 6.69. The van der Waals surface area contributed by atoms with E-state index in [1.165, 1.54) is 5.56 Å². The van der Waals surface area contributed by atoms with Gasteiger partial charge in [-0.3, -0.25) is 0 Å². The fraction of sp³-hybridized carbons (Fsp3) is 0.111. The van der Waals surface area contributed by atoms with Gasteiger partial charge in [-0.25, -0.2) is 0 Å². The molecule has 0 aliphatic heterocycles. The number of aromatic hydroxyl groups is 1. The van der Waals surface area contributed by atoms with Crippen LogP contribution < -0.4 is 5.73 Å². The van der Waals surface area contributed by atoms with E-state index in [0.717, 1.165) is 21.9 Å². The quantitative estimate of drug-likeness (QED) is 0.736. The molecule has 1 atom stereocenters. The van der Waals surface area contributed by atoms with Gasteiger partial charge in [-0.05, 0) is 29.3 Å². The van der Waals surface area contributed by atoms with Crippen molar-refractivity contribution >= 4 is 10.8 Å². The fourth-order valence-corrected chi connectivity index (χ4v) is 2.55. The molecule has 0 heterocycles. The van der Waals surface area contributed by atoms with Crippen molar-refractivity contribution in [2.75, 3.05) is 0 Å². The van der Waals surface area contributed by atoms with Crippen LogP contribution in [0.5, 0.6) is 5.75 Å². The summed E-state index contributed by atoms with van der Waals surface area (Å²) in [7, 11) is 0. The molecule has 2 nitrogen and oxygen atoms in total. The second-order valence-corrected chi connectivity index (χ2v) is 5.11. The molecule has 3 aromatic carbocycles. The summed E-state index contributed by atoms with van der Waals surface area (Å²) in [5.41, 5.74) is 9.36. The van der Waals surface area contributed by atoms with Gasteiger partial charge in [0.05, 0.1) is 6.04 Å². The van der Waals surface area contributed by atoms with Gasteiger partial charge in [0, 0.05) is 5.56 Å². The molecular formula is C18H17NO. The van der Waals surface area contributed by atoms with E-state index in [1.807, 2.05) is 61.5 Å². The Bertz CT molecular complexity index is 747. The number of benzene rings is 3. The van der Waals surface area contributed by atoms with Crippen molar-refractivity contribution in [3.05, 3.63) is 77.4 Å². The number of fused-ring (bicyclic) bond motifs is 1. The molecule has 0 saturated heterocycles. The van der Waals surface area contributed by atoms with Gasteiger partial charge >= 0.3 is 0 Å². The van der Waals surface area contributed by atoms with E-state index < -0.39 is 0 Å². The van der Waals surface area contributed by atoms with Crippen LogP contribution in [0.2, 0.25) is 0 Å². The average molecular weight is 263 g/mol. The summed E-state index contributed by atoms with van der Waals surface area (Å²) in [6.07, 6.45) is 0. The van der Waals surface area contributed by atoms with E-state index in [2.05, 4.69) is 0 Å². The van der Waals surface area contributed by atoms with Crippen molar-refractivity contribution in [2.45, 2.75) is 13.0 Å². The summed E-state index contributed by atoms with van der Waals surface area (Å²) in [6, 6.07) is 19.4. The molecule has 0 bridgehead atoms. The van der Waals surface area contributed by atoms with Gasteiger partial charge in [-0.15, -0.1) is 0 Å². The highest BCUT2D eigenvalue weighted by Gasteiger charge is 2.16. The molecule has 0 aliphatic rings. The number of phenols is 1. The molecule has 0 saturated carbocycles. The maximum Gasteiger partial charge on any atom is 0.121 e. The van der Waals surface area contributed by atoms with Crippen LogP contribution in [0.15, 0.2) is 60.7 Å². The SMILES string of the molecule is Cc1ccc([C@H](N)c2c(O)ccc3ccccc23)cc1. The highest BCUT2D eigenvalue weighted by molar-refractivity contribution is 5.88. The zero-order valence-corrected chi connectivity index (χ0v) is 11.4. The lowest BCUT2D eigenvalue weighted by atomic mass is 9.93. The first-order chi connectivity index (χ1) is 9.66. The Labute approximate surface area is 118 Å². The van der Waals surface area contributed by atoms with Gasteiger partial charge < -0.3 is 10.8 Å². The Morgan fingerprint density at radius 2 is 1.60 bits per heavy atom. The van der Waals surface area contributed by atoms with Crippen LogP contribution in [0.1, 0.15) is 22.7 Å². The van der Waals surface area contributed by atoms with Crippen LogP contribution >= 0.6 is 0 Å². The molecular weight excluding hydrogens is 246 g/mol. The van der Waals surface area contributed by atoms with E-state index in [9.17, 15) is 5.11 Å². The van der Waals surface area contributed by atoms with Crippen LogP contribution in [0.3, 0.4) is 0 Å². The summed E-state index contributed by atoms with van der Waals surface area (Å²) in [6.45, 7) is 2.05.